The molecule has 10 nitrogen and oxygen atoms in total. The van der Waals surface area contributed by atoms with E-state index in [0.717, 1.165) is 22.8 Å². The van der Waals surface area contributed by atoms with Gasteiger partial charge in [0.05, 0.1) is 24.6 Å². The maximum Gasteiger partial charge on any atom is 0.289 e. The topological polar surface area (TPSA) is 111 Å². The minimum absolute atomic E-state index is 0.0359. The molecule has 1 saturated heterocycles. The quantitative estimate of drug-likeness (QED) is 0.774. The third-order valence-electron chi connectivity index (χ3n) is 5.78. The molecular formula is C19H22N6O4. The number of nitrogens with one attached hydrogen (secondary N) is 1. The standard InChI is InChI=1S/C19H22N6O4/c1-11-7-14-24(2)18(27)13(3-5-25(14)23-11)21-17(26)16-20-8-12-9-29-19(15(12)22-16)4-6-28-10-19/h7-8,13H,3-6,9-10H2,1-2H3,(H,21,26)/t13-,19+/m0/s1. The van der Waals surface area contributed by atoms with Crippen molar-refractivity contribution in [2.75, 3.05) is 25.2 Å². The monoisotopic (exact) mass is 398 g/mol. The summed E-state index contributed by atoms with van der Waals surface area (Å²) in [5, 5.41) is 7.20. The summed E-state index contributed by atoms with van der Waals surface area (Å²) in [6, 6.07) is 1.18. The van der Waals surface area contributed by atoms with Gasteiger partial charge >= 0.3 is 0 Å². The highest BCUT2D eigenvalue weighted by Gasteiger charge is 2.45. The molecular weight excluding hydrogens is 376 g/mol. The molecule has 29 heavy (non-hydrogen) atoms. The van der Waals surface area contributed by atoms with Gasteiger partial charge < -0.3 is 14.8 Å². The average molecular weight is 398 g/mol. The van der Waals surface area contributed by atoms with E-state index in [1.54, 1.807) is 17.9 Å². The summed E-state index contributed by atoms with van der Waals surface area (Å²) in [6.07, 6.45) is 2.77. The number of carbonyl (C=O) groups is 2. The van der Waals surface area contributed by atoms with Crippen molar-refractivity contribution in [2.24, 2.45) is 0 Å². The Kier molecular flexibility index (Phi) is 4.14. The molecule has 0 aliphatic carbocycles. The van der Waals surface area contributed by atoms with Gasteiger partial charge in [0.1, 0.15) is 17.5 Å². The van der Waals surface area contributed by atoms with Crippen molar-refractivity contribution in [1.29, 1.82) is 0 Å². The third kappa shape index (κ3) is 2.90. The van der Waals surface area contributed by atoms with E-state index < -0.39 is 17.6 Å². The van der Waals surface area contributed by atoms with Gasteiger partial charge in [-0.05, 0) is 13.3 Å². The highest BCUT2D eigenvalue weighted by molar-refractivity contribution is 6.00. The van der Waals surface area contributed by atoms with Gasteiger partial charge in [-0.1, -0.05) is 0 Å². The molecule has 2 aromatic rings. The molecule has 0 aromatic carbocycles. The fraction of sp³-hybridized carbons (Fsp3) is 0.526. The predicted molar refractivity (Wildman–Crippen MR) is 100 cm³/mol. The second-order valence-corrected chi connectivity index (χ2v) is 7.73. The number of hydrogen-bond acceptors (Lipinski definition) is 7. The van der Waals surface area contributed by atoms with Crippen molar-refractivity contribution in [3.8, 4) is 0 Å². The zero-order chi connectivity index (χ0) is 20.2. The molecule has 0 radical (unpaired) electrons. The van der Waals surface area contributed by atoms with Crippen LogP contribution in [-0.2, 0) is 33.0 Å². The smallest absolute Gasteiger partial charge is 0.289 e. The molecule has 3 aliphatic rings. The second-order valence-electron chi connectivity index (χ2n) is 7.73. The van der Waals surface area contributed by atoms with E-state index in [4.69, 9.17) is 9.47 Å². The summed E-state index contributed by atoms with van der Waals surface area (Å²) < 4.78 is 13.2. The van der Waals surface area contributed by atoms with Crippen molar-refractivity contribution >= 4 is 17.6 Å². The summed E-state index contributed by atoms with van der Waals surface area (Å²) in [4.78, 5) is 35.9. The van der Waals surface area contributed by atoms with E-state index in [-0.39, 0.29) is 11.7 Å². The Bertz CT molecular complexity index is 997. The van der Waals surface area contributed by atoms with Gasteiger partial charge in [0.25, 0.3) is 11.8 Å². The minimum Gasteiger partial charge on any atom is -0.378 e. The van der Waals surface area contributed by atoms with E-state index in [1.165, 1.54) is 4.90 Å². The first-order valence-electron chi connectivity index (χ1n) is 9.68. The van der Waals surface area contributed by atoms with Gasteiger partial charge in [-0.3, -0.25) is 14.5 Å². The summed E-state index contributed by atoms with van der Waals surface area (Å²) >= 11 is 0. The largest absolute Gasteiger partial charge is 0.378 e. The van der Waals surface area contributed by atoms with E-state index in [0.29, 0.717) is 39.2 Å². The van der Waals surface area contributed by atoms with Crippen molar-refractivity contribution in [3.05, 3.63) is 35.0 Å². The van der Waals surface area contributed by atoms with Crippen molar-refractivity contribution < 1.29 is 19.1 Å². The highest BCUT2D eigenvalue weighted by Crippen LogP contribution is 2.41. The van der Waals surface area contributed by atoms with Crippen LogP contribution in [0.3, 0.4) is 0 Å². The number of hydrogen-bond donors (Lipinski definition) is 1. The summed E-state index contributed by atoms with van der Waals surface area (Å²) in [7, 11) is 1.69. The van der Waals surface area contributed by atoms with Crippen LogP contribution in [0.2, 0.25) is 0 Å². The zero-order valence-electron chi connectivity index (χ0n) is 16.3. The first-order valence-corrected chi connectivity index (χ1v) is 9.68. The zero-order valence-corrected chi connectivity index (χ0v) is 16.3. The van der Waals surface area contributed by atoms with Crippen LogP contribution in [0.4, 0.5) is 5.82 Å². The van der Waals surface area contributed by atoms with Crippen LogP contribution in [0.15, 0.2) is 12.3 Å². The van der Waals surface area contributed by atoms with Crippen LogP contribution in [-0.4, -0.2) is 57.9 Å². The maximum absolute atomic E-state index is 12.9. The Morgan fingerprint density at radius 1 is 1.41 bits per heavy atom. The highest BCUT2D eigenvalue weighted by atomic mass is 16.6. The van der Waals surface area contributed by atoms with E-state index in [9.17, 15) is 9.59 Å². The maximum atomic E-state index is 12.9. The van der Waals surface area contributed by atoms with E-state index in [1.807, 2.05) is 13.0 Å². The van der Waals surface area contributed by atoms with Crippen LogP contribution in [0.1, 0.15) is 40.4 Å². The van der Waals surface area contributed by atoms with Gasteiger partial charge in [-0.2, -0.15) is 5.10 Å². The molecule has 152 valence electrons. The van der Waals surface area contributed by atoms with Gasteiger partial charge in [0.2, 0.25) is 5.82 Å². The Hall–Kier alpha value is -2.85. The lowest BCUT2D eigenvalue weighted by Crippen LogP contribution is -2.47. The lowest BCUT2D eigenvalue weighted by Gasteiger charge is -2.21. The Labute approximate surface area is 167 Å². The fourth-order valence-corrected chi connectivity index (χ4v) is 4.19. The summed E-state index contributed by atoms with van der Waals surface area (Å²) in [5.74, 6) is 0.0885. The SMILES string of the molecule is Cc1cc2n(n1)CC[C@H](NC(=O)c1ncc3c(n1)[C@]1(CCOC1)OC3)C(=O)N2C. The van der Waals surface area contributed by atoms with Crippen LogP contribution in [0.5, 0.6) is 0 Å². The number of fused-ring (bicyclic) bond motifs is 3. The predicted octanol–water partition coefficient (Wildman–Crippen LogP) is 0.292. The molecule has 1 N–H and O–H groups in total. The molecule has 3 aliphatic heterocycles. The minimum atomic E-state index is -0.675. The molecule has 2 aromatic heterocycles. The van der Waals surface area contributed by atoms with Crippen molar-refractivity contribution in [3.63, 3.8) is 0 Å². The fourth-order valence-electron chi connectivity index (χ4n) is 4.19. The lowest BCUT2D eigenvalue weighted by molar-refractivity contribution is -0.120. The lowest BCUT2D eigenvalue weighted by atomic mass is 9.98. The first-order chi connectivity index (χ1) is 14.0. The Morgan fingerprint density at radius 3 is 3.07 bits per heavy atom. The van der Waals surface area contributed by atoms with Crippen LogP contribution in [0.25, 0.3) is 0 Å². The number of carbonyl (C=O) groups excluding carboxylic acids is 2. The second kappa shape index (κ2) is 6.60. The summed E-state index contributed by atoms with van der Waals surface area (Å²) in [5.41, 5.74) is 1.85. The molecule has 0 unspecified atom stereocenters. The average Bonchev–Trinajstić information content (AvgIpc) is 3.42. The molecule has 2 atom stereocenters. The van der Waals surface area contributed by atoms with Gasteiger partial charge in [-0.25, -0.2) is 14.6 Å². The number of likely N-dealkylation sites (N-methyl/N-ethyl adjacent to an activating group) is 1. The number of ether oxygens (including phenoxy) is 2. The molecule has 5 heterocycles. The number of amides is 2. The molecule has 2 amide bonds. The van der Waals surface area contributed by atoms with Crippen LogP contribution in [0, 0.1) is 6.92 Å². The van der Waals surface area contributed by atoms with Gasteiger partial charge in [-0.15, -0.1) is 0 Å². The Morgan fingerprint density at radius 2 is 2.28 bits per heavy atom. The molecule has 5 rings (SSSR count). The Balaban J connectivity index is 1.36. The van der Waals surface area contributed by atoms with Crippen molar-refractivity contribution in [1.82, 2.24) is 25.1 Å². The normalized spacial score (nSPS) is 25.8. The number of aromatic nitrogens is 4. The molecule has 0 bridgehead atoms. The van der Waals surface area contributed by atoms with E-state index >= 15 is 0 Å². The molecule has 0 saturated carbocycles. The first kappa shape index (κ1) is 18.2. The number of nitrogens with zero attached hydrogens (tertiary/aromatic N) is 5. The number of aryl methyl sites for hydroxylation is 2. The van der Waals surface area contributed by atoms with Crippen molar-refractivity contribution in [2.45, 2.75) is 44.6 Å². The number of anilines is 1. The van der Waals surface area contributed by atoms with Gasteiger partial charge in [0.15, 0.2) is 0 Å². The third-order valence-corrected chi connectivity index (χ3v) is 5.78. The number of rotatable bonds is 2. The van der Waals surface area contributed by atoms with Crippen LogP contribution < -0.4 is 10.2 Å². The molecule has 10 heteroatoms. The molecule has 1 spiro atoms. The molecule has 1 fully saturated rings. The summed E-state index contributed by atoms with van der Waals surface area (Å²) in [6.45, 7) is 3.86. The van der Waals surface area contributed by atoms with Crippen LogP contribution >= 0.6 is 0 Å². The van der Waals surface area contributed by atoms with Gasteiger partial charge in [0, 0.05) is 44.4 Å². The van der Waals surface area contributed by atoms with E-state index in [2.05, 4.69) is 20.4 Å².